The summed E-state index contributed by atoms with van der Waals surface area (Å²) in [7, 11) is 0. The van der Waals surface area contributed by atoms with Crippen LogP contribution in [-0.4, -0.2) is 24.9 Å². The van der Waals surface area contributed by atoms with Crippen LogP contribution >= 0.6 is 11.6 Å². The summed E-state index contributed by atoms with van der Waals surface area (Å²) in [6.07, 6.45) is 2.02. The van der Waals surface area contributed by atoms with Gasteiger partial charge in [-0.3, -0.25) is 9.59 Å². The first-order chi connectivity index (χ1) is 16.6. The number of para-hydroxylation sites is 1. The number of benzene rings is 3. The lowest BCUT2D eigenvalue weighted by Crippen LogP contribution is -2.34. The normalized spacial score (nSPS) is 10.5. The van der Waals surface area contributed by atoms with Crippen molar-refractivity contribution in [1.29, 1.82) is 0 Å². The van der Waals surface area contributed by atoms with Gasteiger partial charge in [-0.05, 0) is 79.2 Å². The second-order valence-corrected chi connectivity index (χ2v) is 7.90. The lowest BCUT2D eigenvalue weighted by atomic mass is 10.2. The van der Waals surface area contributed by atoms with E-state index in [0.29, 0.717) is 41.5 Å². The van der Waals surface area contributed by atoms with Gasteiger partial charge in [0.2, 0.25) is 0 Å². The van der Waals surface area contributed by atoms with Crippen LogP contribution in [0.15, 0.2) is 102 Å². The molecule has 0 aliphatic carbocycles. The van der Waals surface area contributed by atoms with Gasteiger partial charge in [0.05, 0.1) is 6.26 Å². The van der Waals surface area contributed by atoms with Crippen LogP contribution in [0.3, 0.4) is 0 Å². The summed E-state index contributed by atoms with van der Waals surface area (Å²) < 4.78 is 11.2. The van der Waals surface area contributed by atoms with E-state index in [-0.39, 0.29) is 17.6 Å². The maximum Gasteiger partial charge on any atom is 0.293 e. The molecule has 172 valence electrons. The smallest absolute Gasteiger partial charge is 0.293 e. The molecule has 4 aromatic rings. The van der Waals surface area contributed by atoms with Crippen molar-refractivity contribution in [3.05, 3.63) is 114 Å². The highest BCUT2D eigenvalue weighted by molar-refractivity contribution is 6.30. The average molecular weight is 475 g/mol. The maximum absolute atomic E-state index is 13.1. The molecule has 6 nitrogen and oxygen atoms in total. The lowest BCUT2D eigenvalue weighted by molar-refractivity contribution is 0.0953. The maximum atomic E-state index is 13.1. The number of ether oxygens (including phenoxy) is 1. The first kappa shape index (κ1) is 23.1. The fraction of sp³-hybridized carbons (Fsp3) is 0.111. The second-order valence-electron chi connectivity index (χ2n) is 7.46. The quantitative estimate of drug-likeness (QED) is 0.293. The summed E-state index contributed by atoms with van der Waals surface area (Å²) in [5, 5.41) is 3.44. The Morgan fingerprint density at radius 2 is 1.56 bits per heavy atom. The number of hydrogen-bond donors (Lipinski definition) is 1. The van der Waals surface area contributed by atoms with Gasteiger partial charge in [0, 0.05) is 29.4 Å². The van der Waals surface area contributed by atoms with Crippen molar-refractivity contribution in [2.24, 2.45) is 0 Å². The van der Waals surface area contributed by atoms with Crippen LogP contribution < -0.4 is 15.0 Å². The van der Waals surface area contributed by atoms with Crippen LogP contribution in [0.25, 0.3) is 0 Å². The molecule has 1 heterocycles. The van der Waals surface area contributed by atoms with E-state index in [9.17, 15) is 9.59 Å². The Bertz CT molecular complexity index is 1210. The van der Waals surface area contributed by atoms with E-state index in [1.807, 2.05) is 54.6 Å². The highest BCUT2D eigenvalue weighted by Crippen LogP contribution is 2.25. The molecule has 0 aliphatic rings. The fourth-order valence-corrected chi connectivity index (χ4v) is 3.47. The summed E-state index contributed by atoms with van der Waals surface area (Å²) in [4.78, 5) is 27.0. The third kappa shape index (κ3) is 6.05. The molecular formula is C27H23ClN2O4. The Labute approximate surface area is 202 Å². The number of carbonyl (C=O) groups is 2. The van der Waals surface area contributed by atoms with Gasteiger partial charge in [-0.1, -0.05) is 29.8 Å². The number of furan rings is 1. The summed E-state index contributed by atoms with van der Waals surface area (Å²) in [5.74, 6) is 1.19. The van der Waals surface area contributed by atoms with Gasteiger partial charge in [-0.2, -0.15) is 0 Å². The van der Waals surface area contributed by atoms with Crippen molar-refractivity contribution in [2.75, 3.05) is 18.0 Å². The van der Waals surface area contributed by atoms with Crippen molar-refractivity contribution in [3.63, 3.8) is 0 Å². The summed E-state index contributed by atoms with van der Waals surface area (Å²) in [5.41, 5.74) is 1.23. The van der Waals surface area contributed by atoms with Crippen molar-refractivity contribution < 1.29 is 18.7 Å². The Balaban J connectivity index is 1.40. The molecule has 0 fully saturated rings. The van der Waals surface area contributed by atoms with E-state index < -0.39 is 0 Å². The van der Waals surface area contributed by atoms with Crippen LogP contribution in [0.5, 0.6) is 11.5 Å². The molecular weight excluding hydrogens is 452 g/mol. The first-order valence-corrected chi connectivity index (χ1v) is 11.2. The van der Waals surface area contributed by atoms with Crippen LogP contribution in [0.4, 0.5) is 5.69 Å². The third-order valence-electron chi connectivity index (χ3n) is 5.05. The SMILES string of the molecule is O=C(NCCCN(C(=O)c1ccco1)c1ccc(Oc2ccccc2)cc1)c1ccc(Cl)cc1. The number of amides is 2. The first-order valence-electron chi connectivity index (χ1n) is 10.8. The molecule has 4 rings (SSSR count). The summed E-state index contributed by atoms with van der Waals surface area (Å²) in [6.45, 7) is 0.790. The van der Waals surface area contributed by atoms with E-state index in [4.69, 9.17) is 20.8 Å². The van der Waals surface area contributed by atoms with Crippen LogP contribution in [0, 0.1) is 0 Å². The summed E-state index contributed by atoms with van der Waals surface area (Å²) >= 11 is 5.87. The van der Waals surface area contributed by atoms with Gasteiger partial charge in [0.1, 0.15) is 11.5 Å². The number of anilines is 1. The van der Waals surface area contributed by atoms with E-state index >= 15 is 0 Å². The molecule has 0 aliphatic heterocycles. The molecule has 0 saturated carbocycles. The van der Waals surface area contributed by atoms with Gasteiger partial charge in [0.15, 0.2) is 5.76 Å². The van der Waals surface area contributed by atoms with Gasteiger partial charge >= 0.3 is 0 Å². The van der Waals surface area contributed by atoms with Gasteiger partial charge in [0.25, 0.3) is 11.8 Å². The van der Waals surface area contributed by atoms with Gasteiger partial charge in [-0.25, -0.2) is 0 Å². The minimum atomic E-state index is -0.259. The Morgan fingerprint density at radius 3 is 2.24 bits per heavy atom. The molecule has 0 unspecified atom stereocenters. The van der Waals surface area contributed by atoms with Gasteiger partial charge in [-0.15, -0.1) is 0 Å². The molecule has 0 bridgehead atoms. The van der Waals surface area contributed by atoms with Crippen LogP contribution in [0.2, 0.25) is 5.02 Å². The van der Waals surface area contributed by atoms with Crippen molar-refractivity contribution in [1.82, 2.24) is 5.32 Å². The molecule has 7 heteroatoms. The second kappa shape index (κ2) is 11.2. The van der Waals surface area contributed by atoms with Gasteiger partial charge < -0.3 is 19.4 Å². The molecule has 2 amide bonds. The standard InChI is InChI=1S/C27H23ClN2O4/c28-21-11-9-20(10-12-21)26(31)29-17-5-18-30(27(32)25-8-4-19-33-25)22-13-15-24(16-14-22)34-23-6-2-1-3-7-23/h1-4,6-16,19H,5,17-18H2,(H,29,31). The molecule has 0 saturated heterocycles. The zero-order valence-corrected chi connectivity index (χ0v) is 19.1. The molecule has 1 aromatic heterocycles. The highest BCUT2D eigenvalue weighted by atomic mass is 35.5. The predicted octanol–water partition coefficient (Wildman–Crippen LogP) is 6.19. The van der Waals surface area contributed by atoms with Crippen molar-refractivity contribution in [3.8, 4) is 11.5 Å². The Kier molecular flexibility index (Phi) is 7.63. The van der Waals surface area contributed by atoms with Crippen LogP contribution in [-0.2, 0) is 0 Å². The number of carbonyl (C=O) groups excluding carboxylic acids is 2. The zero-order valence-electron chi connectivity index (χ0n) is 18.3. The molecule has 0 radical (unpaired) electrons. The van der Waals surface area contributed by atoms with E-state index in [2.05, 4.69) is 5.32 Å². The Hall–Kier alpha value is -4.03. The monoisotopic (exact) mass is 474 g/mol. The minimum Gasteiger partial charge on any atom is -0.459 e. The van der Waals surface area contributed by atoms with E-state index in [0.717, 1.165) is 5.75 Å². The number of hydrogen-bond acceptors (Lipinski definition) is 4. The number of halogens is 1. The number of nitrogens with one attached hydrogen (secondary N) is 1. The van der Waals surface area contributed by atoms with E-state index in [1.54, 1.807) is 41.3 Å². The summed E-state index contributed by atoms with van der Waals surface area (Å²) in [6, 6.07) is 26.7. The molecule has 3 aromatic carbocycles. The molecule has 34 heavy (non-hydrogen) atoms. The molecule has 0 spiro atoms. The van der Waals surface area contributed by atoms with E-state index in [1.165, 1.54) is 6.26 Å². The Morgan fingerprint density at radius 1 is 0.853 bits per heavy atom. The number of rotatable bonds is 9. The lowest BCUT2D eigenvalue weighted by Gasteiger charge is -2.22. The molecule has 1 N–H and O–H groups in total. The average Bonchev–Trinajstić information content (AvgIpc) is 3.41. The zero-order chi connectivity index (χ0) is 23.8. The van der Waals surface area contributed by atoms with Crippen molar-refractivity contribution in [2.45, 2.75) is 6.42 Å². The fourth-order valence-electron chi connectivity index (χ4n) is 3.34. The van der Waals surface area contributed by atoms with Crippen molar-refractivity contribution >= 4 is 29.1 Å². The third-order valence-corrected chi connectivity index (χ3v) is 5.31. The largest absolute Gasteiger partial charge is 0.459 e. The van der Waals surface area contributed by atoms with Crippen LogP contribution in [0.1, 0.15) is 27.3 Å². The predicted molar refractivity (Wildman–Crippen MR) is 132 cm³/mol. The highest BCUT2D eigenvalue weighted by Gasteiger charge is 2.20. The minimum absolute atomic E-state index is 0.192. The topological polar surface area (TPSA) is 71.8 Å². The molecule has 0 atom stereocenters. The number of nitrogens with zero attached hydrogens (tertiary/aromatic N) is 1.